The Morgan fingerprint density at radius 1 is 0.373 bits per heavy atom. The van der Waals surface area contributed by atoms with Crippen molar-refractivity contribution in [2.24, 2.45) is 0 Å². The molecule has 0 amide bonds. The van der Waals surface area contributed by atoms with Crippen molar-refractivity contribution in [2.45, 2.75) is 19.3 Å². The second-order valence-electron chi connectivity index (χ2n) is 14.5. The normalized spacial score (nSPS) is 13.8. The fraction of sp³-hybridized carbons (Fsp3) is 0.0612. The largest absolute Gasteiger partial charge is 0.309 e. The van der Waals surface area contributed by atoms with Gasteiger partial charge in [0.15, 0.2) is 0 Å². The van der Waals surface area contributed by atoms with Crippen LogP contribution in [0, 0.1) is 0 Å². The highest BCUT2D eigenvalue weighted by molar-refractivity contribution is 6.19. The van der Waals surface area contributed by atoms with Crippen molar-refractivity contribution in [1.29, 1.82) is 0 Å². The van der Waals surface area contributed by atoms with E-state index in [4.69, 9.17) is 0 Å². The molecule has 11 rings (SSSR count). The zero-order valence-corrected chi connectivity index (χ0v) is 28.6. The van der Waals surface area contributed by atoms with Crippen LogP contribution >= 0.6 is 0 Å². The van der Waals surface area contributed by atoms with Crippen molar-refractivity contribution in [3.8, 4) is 5.69 Å². The minimum absolute atomic E-state index is 0.269. The summed E-state index contributed by atoms with van der Waals surface area (Å²) in [5.74, 6) is 0. The Morgan fingerprint density at radius 3 is 1.57 bits per heavy atom. The molecule has 0 atom stereocenters. The maximum atomic E-state index is 2.54. The Balaban J connectivity index is 1.29. The smallest absolute Gasteiger partial charge is 0.0546 e. The first-order valence-corrected chi connectivity index (χ1v) is 17.9. The topological polar surface area (TPSA) is 8.17 Å². The van der Waals surface area contributed by atoms with Crippen LogP contribution in [-0.2, 0) is 5.41 Å². The molecular formula is C49H34N2. The van der Waals surface area contributed by atoms with Crippen LogP contribution in [-0.4, -0.2) is 4.57 Å². The van der Waals surface area contributed by atoms with Gasteiger partial charge in [0.2, 0.25) is 0 Å². The Kier molecular flexibility index (Phi) is 5.76. The van der Waals surface area contributed by atoms with Crippen LogP contribution in [0.25, 0.3) is 70.6 Å². The number of nitrogens with zero attached hydrogens (tertiary/aromatic N) is 2. The Bertz CT molecular complexity index is 3070. The highest BCUT2D eigenvalue weighted by Crippen LogP contribution is 2.56. The van der Waals surface area contributed by atoms with Crippen molar-refractivity contribution >= 4 is 82.0 Å². The molecule has 0 fully saturated rings. The van der Waals surface area contributed by atoms with Crippen LogP contribution in [0.4, 0.5) is 17.1 Å². The molecule has 0 aliphatic carbocycles. The molecule has 0 radical (unpaired) electrons. The molecule has 2 heterocycles. The third kappa shape index (κ3) is 3.82. The number of rotatable bonds is 2. The van der Waals surface area contributed by atoms with Gasteiger partial charge in [-0.15, -0.1) is 0 Å². The van der Waals surface area contributed by atoms with E-state index < -0.39 is 0 Å². The molecule has 0 spiro atoms. The summed E-state index contributed by atoms with van der Waals surface area (Å²) >= 11 is 0. The molecule has 0 saturated heterocycles. The van der Waals surface area contributed by atoms with Gasteiger partial charge in [-0.25, -0.2) is 0 Å². The second kappa shape index (κ2) is 10.3. The lowest BCUT2D eigenvalue weighted by Crippen LogP contribution is -2.31. The molecule has 1 aromatic heterocycles. The first kappa shape index (κ1) is 28.5. The average molecular weight is 651 g/mol. The van der Waals surface area contributed by atoms with Crippen LogP contribution in [0.2, 0.25) is 0 Å². The van der Waals surface area contributed by atoms with Crippen molar-refractivity contribution in [2.75, 3.05) is 4.90 Å². The van der Waals surface area contributed by atoms with E-state index in [9.17, 15) is 0 Å². The summed E-state index contributed by atoms with van der Waals surface area (Å²) in [6, 6.07) is 62.9. The van der Waals surface area contributed by atoms with E-state index in [2.05, 4.69) is 193 Å². The molecule has 240 valence electrons. The molecule has 1 aliphatic rings. The highest BCUT2D eigenvalue weighted by atomic mass is 15.2. The first-order valence-electron chi connectivity index (χ1n) is 17.9. The summed E-state index contributed by atoms with van der Waals surface area (Å²) in [5.41, 5.74) is 9.75. The fourth-order valence-electron chi connectivity index (χ4n) is 9.29. The van der Waals surface area contributed by atoms with Gasteiger partial charge in [0.25, 0.3) is 0 Å². The van der Waals surface area contributed by atoms with Gasteiger partial charge in [-0.05, 0) is 79.8 Å². The quantitative estimate of drug-likeness (QED) is 0.169. The van der Waals surface area contributed by atoms with E-state index >= 15 is 0 Å². The zero-order chi connectivity index (χ0) is 33.8. The molecule has 10 aromatic rings. The molecule has 51 heavy (non-hydrogen) atoms. The number of aromatic nitrogens is 1. The van der Waals surface area contributed by atoms with Crippen LogP contribution in [0.5, 0.6) is 0 Å². The fourth-order valence-corrected chi connectivity index (χ4v) is 9.29. The summed E-state index contributed by atoms with van der Waals surface area (Å²) < 4.78 is 2.52. The van der Waals surface area contributed by atoms with Crippen LogP contribution < -0.4 is 4.90 Å². The number of fused-ring (bicyclic) bond motifs is 12. The minimum atomic E-state index is -0.269. The summed E-state index contributed by atoms with van der Waals surface area (Å²) in [4.78, 5) is 2.54. The number of hydrogen-bond donors (Lipinski definition) is 0. The molecular weight excluding hydrogens is 617 g/mol. The molecule has 2 nitrogen and oxygen atoms in total. The zero-order valence-electron chi connectivity index (χ0n) is 28.6. The van der Waals surface area contributed by atoms with Gasteiger partial charge >= 0.3 is 0 Å². The van der Waals surface area contributed by atoms with Gasteiger partial charge in [-0.2, -0.15) is 0 Å². The lowest BCUT2D eigenvalue weighted by atomic mass is 9.72. The SMILES string of the molecule is CC1(C)c2ccccc2N(c2cc3ccccc3c3ccccc23)c2ccc3c(c21)c1ccccc1n3-c1cc2ccccc2c2ccccc12. The van der Waals surface area contributed by atoms with E-state index in [-0.39, 0.29) is 5.41 Å². The first-order chi connectivity index (χ1) is 25.1. The minimum Gasteiger partial charge on any atom is -0.309 e. The summed E-state index contributed by atoms with van der Waals surface area (Å²) in [6.45, 7) is 4.83. The Hall–Kier alpha value is -6.38. The van der Waals surface area contributed by atoms with Gasteiger partial charge in [-0.1, -0.05) is 147 Å². The van der Waals surface area contributed by atoms with Crippen LogP contribution in [0.1, 0.15) is 25.0 Å². The molecule has 0 unspecified atom stereocenters. The summed E-state index contributed by atoms with van der Waals surface area (Å²) in [7, 11) is 0. The average Bonchev–Trinajstić information content (AvgIpc) is 3.51. The molecule has 0 bridgehead atoms. The lowest BCUT2D eigenvalue weighted by molar-refractivity contribution is 0.638. The van der Waals surface area contributed by atoms with Gasteiger partial charge in [0.1, 0.15) is 0 Å². The third-order valence-corrected chi connectivity index (χ3v) is 11.5. The highest BCUT2D eigenvalue weighted by Gasteiger charge is 2.40. The van der Waals surface area contributed by atoms with Gasteiger partial charge in [0, 0.05) is 27.0 Å². The predicted octanol–water partition coefficient (Wildman–Crippen LogP) is 13.5. The van der Waals surface area contributed by atoms with Gasteiger partial charge in [0.05, 0.1) is 33.8 Å². The Morgan fingerprint density at radius 2 is 0.882 bits per heavy atom. The number of benzene rings is 9. The molecule has 9 aromatic carbocycles. The summed E-state index contributed by atoms with van der Waals surface area (Å²) in [5, 5.41) is 12.7. The lowest BCUT2D eigenvalue weighted by Gasteiger charge is -2.43. The number of para-hydroxylation sites is 2. The second-order valence-corrected chi connectivity index (χ2v) is 14.5. The van der Waals surface area contributed by atoms with E-state index in [1.807, 2.05) is 0 Å². The monoisotopic (exact) mass is 650 g/mol. The molecule has 2 heteroatoms. The number of anilines is 3. The van der Waals surface area contributed by atoms with Crippen molar-refractivity contribution in [3.63, 3.8) is 0 Å². The molecule has 0 N–H and O–H groups in total. The van der Waals surface area contributed by atoms with Crippen LogP contribution in [0.15, 0.2) is 170 Å². The predicted molar refractivity (Wildman–Crippen MR) is 218 cm³/mol. The number of hydrogen-bond acceptors (Lipinski definition) is 1. The van der Waals surface area contributed by atoms with Crippen molar-refractivity contribution < 1.29 is 0 Å². The van der Waals surface area contributed by atoms with E-state index in [0.717, 1.165) is 0 Å². The van der Waals surface area contributed by atoms with E-state index in [0.29, 0.717) is 0 Å². The van der Waals surface area contributed by atoms with E-state index in [1.54, 1.807) is 0 Å². The Labute approximate surface area is 296 Å². The van der Waals surface area contributed by atoms with Gasteiger partial charge < -0.3 is 9.47 Å². The maximum Gasteiger partial charge on any atom is 0.0546 e. The van der Waals surface area contributed by atoms with Crippen molar-refractivity contribution in [3.05, 3.63) is 181 Å². The molecule has 1 aliphatic heterocycles. The standard InChI is InChI=1S/C49H34N2/c1-49(2)40-24-12-14-26-42(40)51(46-30-32-16-4-6-18-34(32)36-20-8-10-22-38(36)46)44-28-27-43-47(48(44)49)39-23-11-13-25-41(39)50(43)45-29-31-15-3-5-17-33(31)35-19-7-9-21-37(35)45/h3-30H,1-2H3. The van der Waals surface area contributed by atoms with E-state index in [1.165, 1.54) is 98.8 Å². The molecule has 0 saturated carbocycles. The third-order valence-electron chi connectivity index (χ3n) is 11.5. The van der Waals surface area contributed by atoms with Crippen molar-refractivity contribution in [1.82, 2.24) is 4.57 Å². The maximum absolute atomic E-state index is 2.54. The van der Waals surface area contributed by atoms with Crippen LogP contribution in [0.3, 0.4) is 0 Å². The van der Waals surface area contributed by atoms with Gasteiger partial charge in [-0.3, -0.25) is 0 Å². The summed E-state index contributed by atoms with van der Waals surface area (Å²) in [6.07, 6.45) is 0.